The topological polar surface area (TPSA) is 54.7 Å². The van der Waals surface area contributed by atoms with Crippen LogP contribution in [0.4, 0.5) is 0 Å². The van der Waals surface area contributed by atoms with Crippen LogP contribution in [0.5, 0.6) is 0 Å². The summed E-state index contributed by atoms with van der Waals surface area (Å²) in [6.45, 7) is 4.25. The maximum Gasteiger partial charge on any atom is 0.110 e. The zero-order valence-corrected chi connectivity index (χ0v) is 10.5. The SMILES string of the molecule is Cc1cc(C)c2nc(C3CCC(N)C3)[nH]c2c1. The molecule has 1 aromatic carbocycles. The Morgan fingerprint density at radius 2 is 2.12 bits per heavy atom. The minimum absolute atomic E-state index is 0.357. The van der Waals surface area contributed by atoms with Crippen molar-refractivity contribution in [1.82, 2.24) is 9.97 Å². The molecular formula is C14H19N3. The van der Waals surface area contributed by atoms with E-state index in [0.717, 1.165) is 29.7 Å². The standard InChI is InChI=1S/C14H19N3/c1-8-5-9(2)13-12(6-8)16-14(17-13)10-3-4-11(15)7-10/h5-6,10-11H,3-4,7,15H2,1-2H3,(H,16,17). The second kappa shape index (κ2) is 3.84. The molecule has 3 nitrogen and oxygen atoms in total. The summed E-state index contributed by atoms with van der Waals surface area (Å²) >= 11 is 0. The molecule has 1 saturated carbocycles. The smallest absolute Gasteiger partial charge is 0.110 e. The summed E-state index contributed by atoms with van der Waals surface area (Å²) in [6, 6.07) is 4.72. The van der Waals surface area contributed by atoms with Gasteiger partial charge in [0.2, 0.25) is 0 Å². The number of aromatic amines is 1. The molecule has 0 spiro atoms. The van der Waals surface area contributed by atoms with Crippen LogP contribution in [0.3, 0.4) is 0 Å². The molecule has 0 bridgehead atoms. The largest absolute Gasteiger partial charge is 0.342 e. The molecule has 17 heavy (non-hydrogen) atoms. The number of aryl methyl sites for hydroxylation is 2. The van der Waals surface area contributed by atoms with Gasteiger partial charge in [-0.15, -0.1) is 0 Å². The minimum atomic E-state index is 0.357. The number of imidazole rings is 1. The number of aromatic nitrogens is 2. The second-order valence-electron chi connectivity index (χ2n) is 5.37. The molecule has 3 heteroatoms. The molecule has 3 N–H and O–H groups in total. The summed E-state index contributed by atoms with van der Waals surface area (Å²) in [4.78, 5) is 8.23. The molecular weight excluding hydrogens is 210 g/mol. The van der Waals surface area contributed by atoms with Crippen LogP contribution in [0.25, 0.3) is 11.0 Å². The molecule has 1 fully saturated rings. The quantitative estimate of drug-likeness (QED) is 0.790. The van der Waals surface area contributed by atoms with Crippen molar-refractivity contribution < 1.29 is 0 Å². The number of hydrogen-bond donors (Lipinski definition) is 2. The van der Waals surface area contributed by atoms with Gasteiger partial charge in [-0.25, -0.2) is 4.98 Å². The highest BCUT2D eigenvalue weighted by Crippen LogP contribution is 2.33. The summed E-state index contributed by atoms with van der Waals surface area (Å²) in [6.07, 6.45) is 3.36. The van der Waals surface area contributed by atoms with Gasteiger partial charge in [-0.3, -0.25) is 0 Å². The lowest BCUT2D eigenvalue weighted by Gasteiger charge is -2.04. The molecule has 3 rings (SSSR count). The molecule has 1 aliphatic rings. The van der Waals surface area contributed by atoms with E-state index in [1.54, 1.807) is 0 Å². The monoisotopic (exact) mass is 229 g/mol. The number of nitrogens with zero attached hydrogens (tertiary/aromatic N) is 1. The van der Waals surface area contributed by atoms with Crippen molar-refractivity contribution in [2.24, 2.45) is 5.73 Å². The van der Waals surface area contributed by atoms with E-state index < -0.39 is 0 Å². The molecule has 2 aromatic rings. The lowest BCUT2D eigenvalue weighted by molar-refractivity contribution is 0.651. The van der Waals surface area contributed by atoms with Gasteiger partial charge in [-0.1, -0.05) is 6.07 Å². The van der Waals surface area contributed by atoms with E-state index >= 15 is 0 Å². The van der Waals surface area contributed by atoms with E-state index in [1.807, 2.05) is 0 Å². The third kappa shape index (κ3) is 1.84. The van der Waals surface area contributed by atoms with Crippen molar-refractivity contribution in [2.45, 2.75) is 45.1 Å². The number of fused-ring (bicyclic) bond motifs is 1. The molecule has 1 heterocycles. The molecule has 0 aliphatic heterocycles. The predicted octanol–water partition coefficient (Wildman–Crippen LogP) is 2.77. The van der Waals surface area contributed by atoms with E-state index in [2.05, 4.69) is 31.0 Å². The van der Waals surface area contributed by atoms with Gasteiger partial charge in [0.15, 0.2) is 0 Å². The summed E-state index contributed by atoms with van der Waals surface area (Å²) in [5, 5.41) is 0. The van der Waals surface area contributed by atoms with Crippen LogP contribution in [-0.4, -0.2) is 16.0 Å². The molecule has 1 aromatic heterocycles. The van der Waals surface area contributed by atoms with Crippen molar-refractivity contribution in [3.63, 3.8) is 0 Å². The molecule has 2 atom stereocenters. The number of rotatable bonds is 1. The molecule has 2 unspecified atom stereocenters. The van der Waals surface area contributed by atoms with Crippen molar-refractivity contribution >= 4 is 11.0 Å². The number of H-pyrrole nitrogens is 1. The zero-order valence-electron chi connectivity index (χ0n) is 10.5. The van der Waals surface area contributed by atoms with Crippen LogP contribution < -0.4 is 5.73 Å². The maximum atomic E-state index is 5.97. The maximum absolute atomic E-state index is 5.97. The average molecular weight is 229 g/mol. The van der Waals surface area contributed by atoms with E-state index in [0.29, 0.717) is 12.0 Å². The third-order valence-electron chi connectivity index (χ3n) is 3.80. The summed E-state index contributed by atoms with van der Waals surface area (Å²) in [5.74, 6) is 1.65. The number of nitrogens with one attached hydrogen (secondary N) is 1. The van der Waals surface area contributed by atoms with Gasteiger partial charge in [0.25, 0.3) is 0 Å². The lowest BCUT2D eigenvalue weighted by Crippen LogP contribution is -2.14. The number of hydrogen-bond acceptors (Lipinski definition) is 2. The molecule has 0 radical (unpaired) electrons. The second-order valence-corrected chi connectivity index (χ2v) is 5.37. The van der Waals surface area contributed by atoms with Gasteiger partial charge in [0.1, 0.15) is 5.82 Å². The zero-order chi connectivity index (χ0) is 12.0. The van der Waals surface area contributed by atoms with Crippen LogP contribution in [0.2, 0.25) is 0 Å². The highest BCUT2D eigenvalue weighted by atomic mass is 14.9. The first-order valence-electron chi connectivity index (χ1n) is 6.36. The van der Waals surface area contributed by atoms with Crippen molar-refractivity contribution in [1.29, 1.82) is 0 Å². The summed E-state index contributed by atoms with van der Waals surface area (Å²) < 4.78 is 0. The molecule has 1 aliphatic carbocycles. The van der Waals surface area contributed by atoms with Crippen LogP contribution in [0.15, 0.2) is 12.1 Å². The van der Waals surface area contributed by atoms with E-state index in [-0.39, 0.29) is 0 Å². The van der Waals surface area contributed by atoms with E-state index in [1.165, 1.54) is 17.5 Å². The minimum Gasteiger partial charge on any atom is -0.342 e. The van der Waals surface area contributed by atoms with Crippen molar-refractivity contribution in [3.8, 4) is 0 Å². The first-order valence-corrected chi connectivity index (χ1v) is 6.36. The fourth-order valence-corrected chi connectivity index (χ4v) is 2.95. The normalized spacial score (nSPS) is 24.6. The number of nitrogens with two attached hydrogens (primary N) is 1. The number of benzene rings is 1. The van der Waals surface area contributed by atoms with Crippen molar-refractivity contribution in [3.05, 3.63) is 29.1 Å². The van der Waals surface area contributed by atoms with Crippen LogP contribution in [-0.2, 0) is 0 Å². The Bertz CT molecular complexity index is 556. The first kappa shape index (κ1) is 10.8. The molecule has 0 saturated heterocycles. The van der Waals surface area contributed by atoms with Gasteiger partial charge in [0, 0.05) is 12.0 Å². The van der Waals surface area contributed by atoms with E-state index in [4.69, 9.17) is 10.7 Å². The fraction of sp³-hybridized carbons (Fsp3) is 0.500. The van der Waals surface area contributed by atoms with Gasteiger partial charge in [-0.2, -0.15) is 0 Å². The molecule has 0 amide bonds. The Kier molecular flexibility index (Phi) is 2.44. The van der Waals surface area contributed by atoms with Gasteiger partial charge >= 0.3 is 0 Å². The summed E-state index contributed by atoms with van der Waals surface area (Å²) in [7, 11) is 0. The first-order chi connectivity index (χ1) is 8.13. The Labute approximate surface area is 101 Å². The molecule has 90 valence electrons. The Balaban J connectivity index is 2.04. The highest BCUT2D eigenvalue weighted by molar-refractivity contribution is 5.79. The lowest BCUT2D eigenvalue weighted by atomic mass is 10.1. The predicted molar refractivity (Wildman–Crippen MR) is 70.1 cm³/mol. The Morgan fingerprint density at radius 1 is 1.29 bits per heavy atom. The summed E-state index contributed by atoms with van der Waals surface area (Å²) in [5.41, 5.74) is 10.8. The Morgan fingerprint density at radius 3 is 2.82 bits per heavy atom. The third-order valence-corrected chi connectivity index (χ3v) is 3.80. The van der Waals surface area contributed by atoms with Crippen LogP contribution in [0, 0.1) is 13.8 Å². The fourth-order valence-electron chi connectivity index (χ4n) is 2.95. The highest BCUT2D eigenvalue weighted by Gasteiger charge is 2.25. The van der Waals surface area contributed by atoms with Gasteiger partial charge < -0.3 is 10.7 Å². The Hall–Kier alpha value is -1.35. The van der Waals surface area contributed by atoms with Crippen LogP contribution in [0.1, 0.15) is 42.1 Å². The van der Waals surface area contributed by atoms with Gasteiger partial charge in [0.05, 0.1) is 11.0 Å². The van der Waals surface area contributed by atoms with Gasteiger partial charge in [-0.05, 0) is 50.3 Å². The van der Waals surface area contributed by atoms with Crippen LogP contribution >= 0.6 is 0 Å². The van der Waals surface area contributed by atoms with Crippen molar-refractivity contribution in [2.75, 3.05) is 0 Å². The average Bonchev–Trinajstić information content (AvgIpc) is 2.83. The van der Waals surface area contributed by atoms with E-state index in [9.17, 15) is 0 Å².